The van der Waals surface area contributed by atoms with E-state index in [2.05, 4.69) is 10.1 Å². The monoisotopic (exact) mass is 445 g/mol. The van der Waals surface area contributed by atoms with Gasteiger partial charge in [-0.25, -0.2) is 4.98 Å². The highest BCUT2D eigenvalue weighted by Gasteiger charge is 2.21. The zero-order valence-corrected chi connectivity index (χ0v) is 19.1. The van der Waals surface area contributed by atoms with Crippen LogP contribution in [0.3, 0.4) is 0 Å². The Labute approximate surface area is 190 Å². The molecule has 1 heterocycles. The number of thiazole rings is 1. The number of ether oxygens (including phenoxy) is 2. The summed E-state index contributed by atoms with van der Waals surface area (Å²) in [7, 11) is 3.24. The molecule has 0 unspecified atom stereocenters. The first-order chi connectivity index (χ1) is 15.5. The lowest BCUT2D eigenvalue weighted by atomic mass is 10.1. The molecule has 0 atom stereocenters. The molecule has 1 aromatic heterocycles. The maximum Gasteiger partial charge on any atom is 0.280 e. The molecule has 0 saturated carbocycles. The van der Waals surface area contributed by atoms with Gasteiger partial charge in [0.05, 0.1) is 30.7 Å². The van der Waals surface area contributed by atoms with Gasteiger partial charge in [-0.2, -0.15) is 10.1 Å². The van der Waals surface area contributed by atoms with Crippen molar-refractivity contribution < 1.29 is 14.3 Å². The van der Waals surface area contributed by atoms with Gasteiger partial charge in [-0.05, 0) is 85.1 Å². The number of carbonyl (C=O) groups is 1. The predicted octanol–water partition coefficient (Wildman–Crippen LogP) is 5.61. The topological polar surface area (TPSA) is 64.0 Å². The van der Waals surface area contributed by atoms with Gasteiger partial charge >= 0.3 is 0 Å². The van der Waals surface area contributed by atoms with Gasteiger partial charge in [0.1, 0.15) is 11.5 Å². The summed E-state index contributed by atoms with van der Waals surface area (Å²) in [6.07, 6.45) is 1.64. The highest BCUT2D eigenvalue weighted by atomic mass is 32.1. The van der Waals surface area contributed by atoms with Crippen molar-refractivity contribution in [1.82, 2.24) is 4.98 Å². The minimum atomic E-state index is -0.246. The molecule has 0 fully saturated rings. The fourth-order valence-corrected chi connectivity index (χ4v) is 4.06. The molecule has 0 spiro atoms. The minimum Gasteiger partial charge on any atom is -0.497 e. The summed E-state index contributed by atoms with van der Waals surface area (Å²) in [5.74, 6) is 1.25. The molecule has 4 aromatic rings. The van der Waals surface area contributed by atoms with Crippen molar-refractivity contribution in [3.63, 3.8) is 0 Å². The van der Waals surface area contributed by atoms with Crippen molar-refractivity contribution in [2.45, 2.75) is 13.8 Å². The second kappa shape index (κ2) is 9.20. The van der Waals surface area contributed by atoms with E-state index in [1.165, 1.54) is 16.3 Å². The van der Waals surface area contributed by atoms with Crippen molar-refractivity contribution in [1.29, 1.82) is 0 Å². The van der Waals surface area contributed by atoms with Gasteiger partial charge < -0.3 is 9.47 Å². The van der Waals surface area contributed by atoms with Crippen LogP contribution in [0.5, 0.6) is 11.5 Å². The van der Waals surface area contributed by atoms with Crippen LogP contribution in [0.2, 0.25) is 0 Å². The number of hydrazone groups is 1. The number of methoxy groups -OCH3 is 2. The number of anilines is 1. The van der Waals surface area contributed by atoms with Gasteiger partial charge in [0.2, 0.25) is 5.13 Å². The first-order valence-electron chi connectivity index (χ1n) is 10.0. The van der Waals surface area contributed by atoms with Gasteiger partial charge in [0, 0.05) is 5.56 Å². The van der Waals surface area contributed by atoms with E-state index in [1.807, 2.05) is 74.5 Å². The summed E-state index contributed by atoms with van der Waals surface area (Å²) < 4.78 is 11.4. The first kappa shape index (κ1) is 21.5. The lowest BCUT2D eigenvalue weighted by Gasteiger charge is -2.14. The van der Waals surface area contributed by atoms with Crippen LogP contribution >= 0.6 is 11.3 Å². The molecular weight excluding hydrogens is 422 g/mol. The first-order valence-corrected chi connectivity index (χ1v) is 10.8. The van der Waals surface area contributed by atoms with E-state index >= 15 is 0 Å². The second-order valence-electron chi connectivity index (χ2n) is 7.26. The Balaban J connectivity index is 1.75. The Hall–Kier alpha value is -3.71. The molecule has 162 valence electrons. The third kappa shape index (κ3) is 4.48. The third-order valence-electron chi connectivity index (χ3n) is 5.15. The van der Waals surface area contributed by atoms with Crippen LogP contribution in [0.25, 0.3) is 10.2 Å². The van der Waals surface area contributed by atoms with Crippen molar-refractivity contribution in [2.24, 2.45) is 5.10 Å². The number of rotatable bonds is 6. The van der Waals surface area contributed by atoms with Gasteiger partial charge in [0.25, 0.3) is 5.91 Å². The van der Waals surface area contributed by atoms with E-state index in [0.717, 1.165) is 38.4 Å². The zero-order valence-electron chi connectivity index (χ0n) is 18.3. The van der Waals surface area contributed by atoms with E-state index < -0.39 is 0 Å². The maximum atomic E-state index is 13.5. The van der Waals surface area contributed by atoms with Gasteiger partial charge in [-0.1, -0.05) is 17.4 Å². The summed E-state index contributed by atoms with van der Waals surface area (Å²) in [6, 6.07) is 18.7. The average Bonchev–Trinajstić information content (AvgIpc) is 3.24. The standard InChI is InChI=1S/C25H23N3O3S/c1-16-5-8-19(13-17(16)2)24(29)28(26-15-18-6-9-20(30-3)10-7-18)25-27-22-12-11-21(31-4)14-23(22)32-25/h5-15H,1-4H3/b26-15+. The molecule has 0 N–H and O–H groups in total. The van der Waals surface area contributed by atoms with E-state index in [0.29, 0.717) is 10.7 Å². The molecule has 7 heteroatoms. The van der Waals surface area contributed by atoms with Gasteiger partial charge in [-0.15, -0.1) is 0 Å². The van der Waals surface area contributed by atoms with Crippen LogP contribution in [-0.4, -0.2) is 31.3 Å². The number of aromatic nitrogens is 1. The van der Waals surface area contributed by atoms with Gasteiger partial charge in [0.15, 0.2) is 0 Å². The molecule has 3 aromatic carbocycles. The van der Waals surface area contributed by atoms with Crippen LogP contribution in [0.1, 0.15) is 27.0 Å². The maximum absolute atomic E-state index is 13.5. The van der Waals surface area contributed by atoms with E-state index in [-0.39, 0.29) is 5.91 Å². The van der Waals surface area contributed by atoms with Crippen LogP contribution < -0.4 is 14.5 Å². The third-order valence-corrected chi connectivity index (χ3v) is 6.14. The molecule has 1 amide bonds. The molecule has 4 rings (SSSR count). The Morgan fingerprint density at radius 3 is 2.34 bits per heavy atom. The van der Waals surface area contributed by atoms with Crippen LogP contribution in [0, 0.1) is 13.8 Å². The van der Waals surface area contributed by atoms with Crippen LogP contribution in [0.15, 0.2) is 65.8 Å². The molecule has 0 saturated heterocycles. The van der Waals surface area contributed by atoms with E-state index in [1.54, 1.807) is 20.4 Å². The quantitative estimate of drug-likeness (QED) is 0.286. The van der Waals surface area contributed by atoms with Crippen LogP contribution in [-0.2, 0) is 0 Å². The Bertz CT molecular complexity index is 1300. The molecule has 0 radical (unpaired) electrons. The molecule has 0 aliphatic heterocycles. The summed E-state index contributed by atoms with van der Waals surface area (Å²) in [5, 5.41) is 6.36. The molecule has 6 nitrogen and oxygen atoms in total. The normalized spacial score (nSPS) is 11.1. The zero-order chi connectivity index (χ0) is 22.7. The number of hydrogen-bond donors (Lipinski definition) is 0. The Morgan fingerprint density at radius 2 is 1.66 bits per heavy atom. The summed E-state index contributed by atoms with van der Waals surface area (Å²) in [6.45, 7) is 4.01. The second-order valence-corrected chi connectivity index (χ2v) is 8.27. The predicted molar refractivity (Wildman–Crippen MR) is 129 cm³/mol. The summed E-state index contributed by atoms with van der Waals surface area (Å²) in [5.41, 5.74) is 4.34. The Kier molecular flexibility index (Phi) is 6.18. The number of fused-ring (bicyclic) bond motifs is 1. The summed E-state index contributed by atoms with van der Waals surface area (Å²) in [4.78, 5) is 18.1. The highest BCUT2D eigenvalue weighted by Crippen LogP contribution is 2.32. The van der Waals surface area contributed by atoms with Crippen molar-refractivity contribution in [3.05, 3.63) is 82.9 Å². The SMILES string of the molecule is COc1ccc(/C=N/N(C(=O)c2ccc(C)c(C)c2)c2nc3ccc(OC)cc3s2)cc1. The van der Waals surface area contributed by atoms with E-state index in [4.69, 9.17) is 9.47 Å². The van der Waals surface area contributed by atoms with Crippen molar-refractivity contribution in [2.75, 3.05) is 19.2 Å². The average molecular weight is 446 g/mol. The lowest BCUT2D eigenvalue weighted by Crippen LogP contribution is -2.25. The number of carbonyl (C=O) groups excluding carboxylic acids is 1. The molecular formula is C25H23N3O3S. The number of hydrogen-bond acceptors (Lipinski definition) is 6. The number of aryl methyl sites for hydroxylation is 2. The Morgan fingerprint density at radius 1 is 0.938 bits per heavy atom. The van der Waals surface area contributed by atoms with Gasteiger partial charge in [-0.3, -0.25) is 4.79 Å². The fraction of sp³-hybridized carbons (Fsp3) is 0.160. The van der Waals surface area contributed by atoms with Crippen LogP contribution in [0.4, 0.5) is 5.13 Å². The van der Waals surface area contributed by atoms with Crippen molar-refractivity contribution in [3.8, 4) is 11.5 Å². The summed E-state index contributed by atoms with van der Waals surface area (Å²) >= 11 is 1.39. The highest BCUT2D eigenvalue weighted by molar-refractivity contribution is 7.22. The molecule has 32 heavy (non-hydrogen) atoms. The largest absolute Gasteiger partial charge is 0.497 e. The molecule has 0 aliphatic carbocycles. The van der Waals surface area contributed by atoms with E-state index in [9.17, 15) is 4.79 Å². The number of nitrogens with zero attached hydrogens (tertiary/aromatic N) is 3. The number of amides is 1. The number of benzene rings is 3. The fourth-order valence-electron chi connectivity index (χ4n) is 3.11. The minimum absolute atomic E-state index is 0.246. The molecule has 0 bridgehead atoms. The van der Waals surface area contributed by atoms with Crippen molar-refractivity contribution >= 4 is 38.8 Å². The lowest BCUT2D eigenvalue weighted by molar-refractivity contribution is 0.0987. The smallest absolute Gasteiger partial charge is 0.280 e. The molecule has 0 aliphatic rings.